The first-order valence-electron chi connectivity index (χ1n) is 13.6. The summed E-state index contributed by atoms with van der Waals surface area (Å²) in [4.78, 5) is 13.8. The number of amides is 1. The van der Waals surface area contributed by atoms with E-state index >= 15 is 0 Å². The molecule has 1 N–H and O–H groups in total. The zero-order chi connectivity index (χ0) is 28.1. The summed E-state index contributed by atoms with van der Waals surface area (Å²) in [6.45, 7) is 2.03. The molecule has 6 nitrogen and oxygen atoms in total. The van der Waals surface area contributed by atoms with Crippen molar-refractivity contribution in [3.05, 3.63) is 125 Å². The number of carbonyl (C=O) groups excluding carboxylic acids is 1. The van der Waals surface area contributed by atoms with Crippen molar-refractivity contribution in [2.24, 2.45) is 0 Å². The average Bonchev–Trinajstić information content (AvgIpc) is 3.00. The number of rotatable bonds is 9. The first-order chi connectivity index (χ1) is 19.4. The fraction of sp³-hybridized carbons (Fsp3) is 0.242. The molecule has 0 fully saturated rings. The fourth-order valence-electron chi connectivity index (χ4n) is 5.19. The van der Waals surface area contributed by atoms with E-state index in [0.29, 0.717) is 17.0 Å². The van der Waals surface area contributed by atoms with Crippen LogP contribution in [0.5, 0.6) is 5.75 Å². The molecule has 7 heteroatoms. The molecule has 1 aliphatic carbocycles. The number of para-hydroxylation sites is 1. The van der Waals surface area contributed by atoms with Gasteiger partial charge in [-0.05, 0) is 91.3 Å². The highest BCUT2D eigenvalue weighted by Gasteiger charge is 2.29. The van der Waals surface area contributed by atoms with Crippen molar-refractivity contribution in [3.8, 4) is 5.75 Å². The van der Waals surface area contributed by atoms with Crippen molar-refractivity contribution in [2.75, 3.05) is 11.4 Å². The summed E-state index contributed by atoms with van der Waals surface area (Å²) in [7, 11) is -2.49. The molecular formula is C33H34N2O4S. The molecule has 0 spiro atoms. The molecular weight excluding hydrogens is 520 g/mol. The molecule has 0 saturated carbocycles. The largest absolute Gasteiger partial charge is 0.497 e. The van der Waals surface area contributed by atoms with Gasteiger partial charge in [0.05, 0.1) is 35.8 Å². The minimum Gasteiger partial charge on any atom is -0.497 e. The predicted molar refractivity (Wildman–Crippen MR) is 158 cm³/mol. The van der Waals surface area contributed by atoms with E-state index in [4.69, 9.17) is 4.74 Å². The van der Waals surface area contributed by atoms with Crippen molar-refractivity contribution < 1.29 is 17.9 Å². The van der Waals surface area contributed by atoms with E-state index in [9.17, 15) is 13.2 Å². The molecule has 0 radical (unpaired) electrons. The van der Waals surface area contributed by atoms with Crippen LogP contribution in [0.15, 0.2) is 102 Å². The van der Waals surface area contributed by atoms with Crippen molar-refractivity contribution in [2.45, 2.75) is 50.1 Å². The Labute approximate surface area is 236 Å². The van der Waals surface area contributed by atoms with Gasteiger partial charge in [0.15, 0.2) is 0 Å². The summed E-state index contributed by atoms with van der Waals surface area (Å²) in [6.07, 6.45) is 4.56. The number of nitrogens with one attached hydrogen (secondary N) is 1. The van der Waals surface area contributed by atoms with Gasteiger partial charge in [0.2, 0.25) is 0 Å². The number of fused-ring (bicyclic) bond motifs is 1. The number of sulfonamides is 1. The van der Waals surface area contributed by atoms with E-state index in [1.165, 1.54) is 47.5 Å². The number of benzene rings is 4. The van der Waals surface area contributed by atoms with Crippen LogP contribution in [0.4, 0.5) is 5.69 Å². The number of methoxy groups -OCH3 is 1. The van der Waals surface area contributed by atoms with Gasteiger partial charge in [-0.25, -0.2) is 8.42 Å². The Balaban J connectivity index is 1.49. The third-order valence-electron chi connectivity index (χ3n) is 7.45. The van der Waals surface area contributed by atoms with Crippen molar-refractivity contribution in [1.29, 1.82) is 0 Å². The van der Waals surface area contributed by atoms with Crippen LogP contribution >= 0.6 is 0 Å². The Bertz CT molecular complexity index is 1580. The lowest BCUT2D eigenvalue weighted by Crippen LogP contribution is -2.34. The second-order valence-corrected chi connectivity index (χ2v) is 12.0. The highest BCUT2D eigenvalue weighted by Crippen LogP contribution is 2.31. The normalized spacial score (nSPS) is 13.7. The standard InChI is InChI=1S/C33H34N2O4S/c1-24(27-17-16-26-12-6-7-13-28(26)22-27)34-33(36)31-14-8-9-15-32(31)35(23-25-10-4-3-5-11-25)40(37,38)30-20-18-29(39-2)19-21-30/h3-5,8-11,14-22,24H,6-7,12-13,23H2,1-2H3,(H,34,36). The van der Waals surface area contributed by atoms with Gasteiger partial charge >= 0.3 is 0 Å². The van der Waals surface area contributed by atoms with Crippen LogP contribution in [0.25, 0.3) is 0 Å². The maximum Gasteiger partial charge on any atom is 0.264 e. The molecule has 0 aliphatic heterocycles. The molecule has 0 heterocycles. The van der Waals surface area contributed by atoms with Gasteiger partial charge in [-0.15, -0.1) is 0 Å². The maximum atomic E-state index is 14.0. The molecule has 1 atom stereocenters. The van der Waals surface area contributed by atoms with E-state index < -0.39 is 10.0 Å². The Kier molecular flexibility index (Phi) is 8.21. The zero-order valence-corrected chi connectivity index (χ0v) is 23.7. The molecule has 1 amide bonds. The predicted octanol–water partition coefficient (Wildman–Crippen LogP) is 6.46. The van der Waals surface area contributed by atoms with Gasteiger partial charge in [0.1, 0.15) is 5.75 Å². The summed E-state index contributed by atoms with van der Waals surface area (Å²) in [5.41, 5.74) is 5.19. The lowest BCUT2D eigenvalue weighted by molar-refractivity contribution is 0.0940. The lowest BCUT2D eigenvalue weighted by Gasteiger charge is -2.27. The van der Waals surface area contributed by atoms with Crippen LogP contribution in [0.2, 0.25) is 0 Å². The Morgan fingerprint density at radius 3 is 2.27 bits per heavy atom. The second kappa shape index (κ2) is 12.0. The Morgan fingerprint density at radius 1 is 0.875 bits per heavy atom. The van der Waals surface area contributed by atoms with Gasteiger partial charge in [0.25, 0.3) is 15.9 Å². The molecule has 1 unspecified atom stereocenters. The summed E-state index contributed by atoms with van der Waals surface area (Å²) in [6, 6.07) is 28.7. The third kappa shape index (κ3) is 5.89. The van der Waals surface area contributed by atoms with E-state index in [2.05, 4.69) is 23.5 Å². The minimum absolute atomic E-state index is 0.0693. The van der Waals surface area contributed by atoms with Crippen LogP contribution in [-0.2, 0) is 29.4 Å². The first kappa shape index (κ1) is 27.5. The molecule has 0 bridgehead atoms. The van der Waals surface area contributed by atoms with Crippen molar-refractivity contribution in [3.63, 3.8) is 0 Å². The number of carbonyl (C=O) groups is 1. The third-order valence-corrected chi connectivity index (χ3v) is 9.23. The highest BCUT2D eigenvalue weighted by molar-refractivity contribution is 7.92. The average molecular weight is 555 g/mol. The molecule has 40 heavy (non-hydrogen) atoms. The number of hydrogen-bond donors (Lipinski definition) is 1. The van der Waals surface area contributed by atoms with Crippen LogP contribution < -0.4 is 14.4 Å². The molecule has 4 aromatic rings. The maximum absolute atomic E-state index is 14.0. The molecule has 0 saturated heterocycles. The molecule has 5 rings (SSSR count). The summed E-state index contributed by atoms with van der Waals surface area (Å²) < 4.78 is 34.6. The first-order valence-corrected chi connectivity index (χ1v) is 15.0. The monoisotopic (exact) mass is 554 g/mol. The summed E-state index contributed by atoms with van der Waals surface area (Å²) >= 11 is 0. The quantitative estimate of drug-likeness (QED) is 0.258. The highest BCUT2D eigenvalue weighted by atomic mass is 32.2. The smallest absolute Gasteiger partial charge is 0.264 e. The molecule has 4 aromatic carbocycles. The van der Waals surface area contributed by atoms with Gasteiger partial charge in [0, 0.05) is 0 Å². The van der Waals surface area contributed by atoms with Gasteiger partial charge < -0.3 is 10.1 Å². The van der Waals surface area contributed by atoms with E-state index in [0.717, 1.165) is 24.0 Å². The SMILES string of the molecule is COc1ccc(S(=O)(=O)N(Cc2ccccc2)c2ccccc2C(=O)NC(C)c2ccc3c(c2)CCCC3)cc1. The number of hydrogen-bond acceptors (Lipinski definition) is 4. The van der Waals surface area contributed by atoms with Crippen molar-refractivity contribution in [1.82, 2.24) is 5.32 Å². The Morgan fingerprint density at radius 2 is 1.55 bits per heavy atom. The van der Waals surface area contributed by atoms with Crippen LogP contribution in [0, 0.1) is 0 Å². The van der Waals surface area contributed by atoms with Crippen LogP contribution in [0.1, 0.15) is 58.4 Å². The lowest BCUT2D eigenvalue weighted by atomic mass is 9.89. The molecule has 206 valence electrons. The topological polar surface area (TPSA) is 75.7 Å². The summed E-state index contributed by atoms with van der Waals surface area (Å²) in [5, 5.41) is 3.11. The number of aryl methyl sites for hydroxylation is 2. The second-order valence-electron chi connectivity index (χ2n) is 10.1. The number of nitrogens with zero attached hydrogens (tertiary/aromatic N) is 1. The minimum atomic E-state index is -4.03. The number of anilines is 1. The molecule has 0 aromatic heterocycles. The summed E-state index contributed by atoms with van der Waals surface area (Å²) in [5.74, 6) is 0.230. The molecule has 1 aliphatic rings. The van der Waals surface area contributed by atoms with Gasteiger partial charge in [-0.1, -0.05) is 60.7 Å². The van der Waals surface area contributed by atoms with Gasteiger partial charge in [-0.3, -0.25) is 9.10 Å². The van der Waals surface area contributed by atoms with E-state index in [-0.39, 0.29) is 23.4 Å². The van der Waals surface area contributed by atoms with E-state index in [1.807, 2.05) is 37.3 Å². The number of ether oxygens (including phenoxy) is 1. The van der Waals surface area contributed by atoms with Crippen LogP contribution in [-0.4, -0.2) is 21.4 Å². The zero-order valence-electron chi connectivity index (χ0n) is 22.8. The fourth-order valence-corrected chi connectivity index (χ4v) is 6.66. The van der Waals surface area contributed by atoms with E-state index in [1.54, 1.807) is 36.4 Å². The van der Waals surface area contributed by atoms with Gasteiger partial charge in [-0.2, -0.15) is 0 Å². The Hall–Kier alpha value is -4.10. The van der Waals surface area contributed by atoms with Crippen LogP contribution in [0.3, 0.4) is 0 Å². The van der Waals surface area contributed by atoms with Crippen molar-refractivity contribution >= 4 is 21.6 Å².